The summed E-state index contributed by atoms with van der Waals surface area (Å²) in [5.41, 5.74) is 0.209. The third-order valence-corrected chi connectivity index (χ3v) is 6.72. The Labute approximate surface area is 192 Å². The summed E-state index contributed by atoms with van der Waals surface area (Å²) in [6.07, 6.45) is -5.31. The van der Waals surface area contributed by atoms with E-state index in [1.54, 1.807) is 6.92 Å². The number of nitrogens with zero attached hydrogens (tertiary/aromatic N) is 7. The number of hydrogen-bond donors (Lipinski definition) is 0. The van der Waals surface area contributed by atoms with E-state index in [0.29, 0.717) is 30.2 Å². The third-order valence-electron chi connectivity index (χ3n) is 6.72. The number of alkyl halides is 5. The quantitative estimate of drug-likeness (QED) is 0.520. The molecule has 0 atom stereocenters. The van der Waals surface area contributed by atoms with Crippen LogP contribution in [0.3, 0.4) is 0 Å². The van der Waals surface area contributed by atoms with Crippen molar-refractivity contribution in [3.05, 3.63) is 35.4 Å². The molecule has 2 saturated heterocycles. The average Bonchev–Trinajstić information content (AvgIpc) is 3.05. The molecule has 0 saturated carbocycles. The van der Waals surface area contributed by atoms with Gasteiger partial charge in [-0.05, 0) is 38.8 Å². The van der Waals surface area contributed by atoms with Crippen LogP contribution in [0.15, 0.2) is 18.2 Å². The number of anilines is 2. The molecule has 3 aromatic rings. The van der Waals surface area contributed by atoms with Gasteiger partial charge in [-0.15, -0.1) is 0 Å². The second-order valence-electron chi connectivity index (χ2n) is 9.20. The number of rotatable bonds is 4. The van der Waals surface area contributed by atoms with Gasteiger partial charge in [-0.3, -0.25) is 0 Å². The van der Waals surface area contributed by atoms with Crippen molar-refractivity contribution in [2.75, 3.05) is 36.0 Å². The summed E-state index contributed by atoms with van der Waals surface area (Å²) in [5.74, 6) is 1.13. The van der Waals surface area contributed by atoms with Gasteiger partial charge in [0.05, 0.1) is 5.69 Å². The van der Waals surface area contributed by atoms with E-state index in [1.165, 1.54) is 11.6 Å². The highest BCUT2D eigenvalue weighted by molar-refractivity contribution is 5.80. The van der Waals surface area contributed by atoms with Crippen molar-refractivity contribution in [3.8, 4) is 0 Å². The Balaban J connectivity index is 1.26. The smallest absolute Gasteiger partial charge is 0.357 e. The molecule has 2 aliphatic heterocycles. The van der Waals surface area contributed by atoms with Gasteiger partial charge < -0.3 is 9.80 Å². The fraction of sp³-hybridized carbons (Fsp3) is 0.545. The van der Waals surface area contributed by atoms with Crippen molar-refractivity contribution < 1.29 is 22.0 Å². The zero-order chi connectivity index (χ0) is 24.3. The lowest BCUT2D eigenvalue weighted by atomic mass is 9.72. The Hall–Kier alpha value is -3.05. The maximum absolute atomic E-state index is 13.1. The van der Waals surface area contributed by atoms with Gasteiger partial charge in [0.25, 0.3) is 6.43 Å². The van der Waals surface area contributed by atoms with Gasteiger partial charge in [0, 0.05) is 43.0 Å². The van der Waals surface area contributed by atoms with Crippen LogP contribution in [-0.2, 0) is 12.7 Å². The lowest BCUT2D eigenvalue weighted by Crippen LogP contribution is -2.61. The van der Waals surface area contributed by atoms with E-state index in [1.807, 2.05) is 17.0 Å². The highest BCUT2D eigenvalue weighted by atomic mass is 19.4. The molecule has 2 aliphatic rings. The Morgan fingerprint density at radius 2 is 1.68 bits per heavy atom. The molecule has 1 spiro atoms. The van der Waals surface area contributed by atoms with E-state index >= 15 is 0 Å². The first-order valence-corrected chi connectivity index (χ1v) is 11.1. The predicted octanol–water partition coefficient (Wildman–Crippen LogP) is 4.23. The third kappa shape index (κ3) is 4.14. The Morgan fingerprint density at radius 3 is 2.32 bits per heavy atom. The lowest BCUT2D eigenvalue weighted by Gasteiger charge is -2.54. The number of aromatic nitrogens is 5. The molecule has 0 aromatic carbocycles. The van der Waals surface area contributed by atoms with Crippen LogP contribution in [0.1, 0.15) is 30.1 Å². The fourth-order valence-corrected chi connectivity index (χ4v) is 4.94. The fourth-order valence-electron chi connectivity index (χ4n) is 4.94. The van der Waals surface area contributed by atoms with Crippen LogP contribution >= 0.6 is 0 Å². The highest BCUT2D eigenvalue weighted by Gasteiger charge is 2.46. The summed E-state index contributed by atoms with van der Waals surface area (Å²) in [4.78, 5) is 16.3. The second-order valence-corrected chi connectivity index (χ2v) is 9.20. The first-order chi connectivity index (χ1) is 16.0. The van der Waals surface area contributed by atoms with E-state index in [9.17, 15) is 22.0 Å². The Kier molecular flexibility index (Phi) is 5.36. The van der Waals surface area contributed by atoms with Gasteiger partial charge in [-0.2, -0.15) is 18.3 Å². The molecule has 0 radical (unpaired) electrons. The van der Waals surface area contributed by atoms with Gasteiger partial charge in [0.2, 0.25) is 0 Å². The van der Waals surface area contributed by atoms with Crippen molar-refractivity contribution in [2.24, 2.45) is 5.41 Å². The van der Waals surface area contributed by atoms with Gasteiger partial charge in [-0.25, -0.2) is 28.4 Å². The topological polar surface area (TPSA) is 63.0 Å². The van der Waals surface area contributed by atoms with Gasteiger partial charge in [0.15, 0.2) is 5.65 Å². The predicted molar refractivity (Wildman–Crippen MR) is 116 cm³/mol. The van der Waals surface area contributed by atoms with Gasteiger partial charge in [-0.1, -0.05) is 0 Å². The van der Waals surface area contributed by atoms with E-state index in [2.05, 4.69) is 25.0 Å². The second kappa shape index (κ2) is 8.02. The van der Waals surface area contributed by atoms with Crippen LogP contribution < -0.4 is 9.80 Å². The Morgan fingerprint density at radius 1 is 0.971 bits per heavy atom. The summed E-state index contributed by atoms with van der Waals surface area (Å²) < 4.78 is 66.5. The molecule has 0 bridgehead atoms. The molecular formula is C22H24F5N7. The minimum atomic E-state index is -4.51. The molecule has 0 unspecified atom stereocenters. The first-order valence-electron chi connectivity index (χ1n) is 11.1. The maximum atomic E-state index is 13.1. The van der Waals surface area contributed by atoms with Crippen LogP contribution in [0, 0.1) is 19.3 Å². The monoisotopic (exact) mass is 481 g/mol. The minimum absolute atomic E-state index is 0.0197. The molecule has 5 heterocycles. The van der Waals surface area contributed by atoms with Crippen molar-refractivity contribution >= 4 is 22.7 Å². The summed E-state index contributed by atoms with van der Waals surface area (Å²) in [7, 11) is 0. The molecule has 5 rings (SSSR count). The van der Waals surface area contributed by atoms with Crippen molar-refractivity contribution in [3.63, 3.8) is 0 Å². The lowest BCUT2D eigenvalue weighted by molar-refractivity contribution is -0.141. The molecule has 0 amide bonds. The van der Waals surface area contributed by atoms with E-state index in [4.69, 9.17) is 0 Å². The standard InChI is InChI=1S/C22H24F5N7/c1-13-15-3-4-18(30-20(15)34(31-13)10-17(23)24)32-7-5-21(6-8-32)11-33(12-21)19-9-16(22(25,26)27)28-14(2)29-19/h3-4,9,17H,5-8,10-12H2,1-2H3. The minimum Gasteiger partial charge on any atom is -0.357 e. The SMILES string of the molecule is Cc1nc(N2CC3(CCN(c4ccc5c(C)nn(CC(F)F)c5n4)CC3)C2)cc(C(F)(F)F)n1. The largest absolute Gasteiger partial charge is 0.433 e. The van der Waals surface area contributed by atoms with E-state index in [0.717, 1.165) is 43.2 Å². The molecule has 0 aliphatic carbocycles. The maximum Gasteiger partial charge on any atom is 0.433 e. The average molecular weight is 481 g/mol. The molecule has 7 nitrogen and oxygen atoms in total. The summed E-state index contributed by atoms with van der Waals surface area (Å²) in [6.45, 7) is 5.47. The first kappa shape index (κ1) is 22.7. The summed E-state index contributed by atoms with van der Waals surface area (Å²) >= 11 is 0. The number of piperidine rings is 1. The van der Waals surface area contributed by atoms with E-state index in [-0.39, 0.29) is 11.2 Å². The van der Waals surface area contributed by atoms with Crippen molar-refractivity contribution in [1.82, 2.24) is 24.7 Å². The molecule has 12 heteroatoms. The normalized spacial score (nSPS) is 18.2. The molecule has 3 aromatic heterocycles. The number of fused-ring (bicyclic) bond motifs is 1. The van der Waals surface area contributed by atoms with Crippen LogP contribution in [0.5, 0.6) is 0 Å². The molecule has 0 N–H and O–H groups in total. The van der Waals surface area contributed by atoms with Crippen molar-refractivity contribution in [2.45, 2.75) is 45.8 Å². The Bertz CT molecular complexity index is 1210. The molecule has 182 valence electrons. The number of aryl methyl sites for hydroxylation is 2. The highest BCUT2D eigenvalue weighted by Crippen LogP contribution is 2.43. The van der Waals surface area contributed by atoms with Crippen LogP contribution in [0.2, 0.25) is 0 Å². The van der Waals surface area contributed by atoms with Gasteiger partial charge >= 0.3 is 6.18 Å². The van der Waals surface area contributed by atoms with Crippen LogP contribution in [0.4, 0.5) is 33.6 Å². The van der Waals surface area contributed by atoms with E-state index < -0.39 is 24.8 Å². The zero-order valence-corrected chi connectivity index (χ0v) is 18.8. The molecule has 2 fully saturated rings. The summed E-state index contributed by atoms with van der Waals surface area (Å²) in [5, 5.41) is 4.95. The van der Waals surface area contributed by atoms with Crippen LogP contribution in [-0.4, -0.2) is 57.3 Å². The van der Waals surface area contributed by atoms with Crippen LogP contribution in [0.25, 0.3) is 11.0 Å². The number of hydrogen-bond acceptors (Lipinski definition) is 6. The molecule has 34 heavy (non-hydrogen) atoms. The zero-order valence-electron chi connectivity index (χ0n) is 18.8. The summed E-state index contributed by atoms with van der Waals surface area (Å²) in [6, 6.07) is 4.77. The van der Waals surface area contributed by atoms with Gasteiger partial charge in [0.1, 0.15) is 29.7 Å². The molecular weight excluding hydrogens is 457 g/mol. The van der Waals surface area contributed by atoms with Crippen molar-refractivity contribution in [1.29, 1.82) is 0 Å². The number of pyridine rings is 1. The number of halogens is 5.